The molecular weight excluding hydrogens is 204 g/mol. The molecule has 0 atom stereocenters. The molecule has 1 N–H and O–H groups in total. The predicted octanol–water partition coefficient (Wildman–Crippen LogP) is 3.11. The lowest BCUT2D eigenvalue weighted by atomic mass is 9.98. The van der Waals surface area contributed by atoms with Gasteiger partial charge in [0, 0.05) is 11.1 Å². The Kier molecular flexibility index (Phi) is 2.77. The molecule has 0 saturated carbocycles. The van der Waals surface area contributed by atoms with E-state index < -0.39 is 0 Å². The molecule has 1 heterocycles. The summed E-state index contributed by atoms with van der Waals surface area (Å²) in [7, 11) is 0. The normalized spacial score (nSPS) is 13.9. The molecule has 3 heteroatoms. The number of aliphatic hydroxyl groups is 1. The molecule has 0 saturated heterocycles. The zero-order valence-corrected chi connectivity index (χ0v) is 9.62. The minimum Gasteiger partial charge on any atom is -0.508 e. The van der Waals surface area contributed by atoms with Crippen LogP contribution < -0.4 is 9.47 Å². The lowest BCUT2D eigenvalue weighted by Crippen LogP contribution is -2.17. The summed E-state index contributed by atoms with van der Waals surface area (Å²) in [6.45, 7) is 8.82. The highest BCUT2D eigenvalue weighted by Crippen LogP contribution is 2.39. The standard InChI is InChI=1S/C13H16O3/c1-8(2)11-6-10(9(3)14)7-12-13(11)16-5-4-15-12/h6-8,14H,3-5H2,1-2H3. The molecule has 0 radical (unpaired) electrons. The van der Waals surface area contributed by atoms with Crippen molar-refractivity contribution in [3.05, 3.63) is 29.8 Å². The monoisotopic (exact) mass is 220 g/mol. The Morgan fingerprint density at radius 1 is 1.31 bits per heavy atom. The first kappa shape index (κ1) is 10.9. The molecule has 2 rings (SSSR count). The first-order valence-corrected chi connectivity index (χ1v) is 5.41. The molecule has 0 aromatic heterocycles. The topological polar surface area (TPSA) is 38.7 Å². The molecule has 1 aliphatic rings. The average molecular weight is 220 g/mol. The smallest absolute Gasteiger partial charge is 0.164 e. The minimum absolute atomic E-state index is 0.0545. The summed E-state index contributed by atoms with van der Waals surface area (Å²) in [6, 6.07) is 3.67. The van der Waals surface area contributed by atoms with Crippen molar-refractivity contribution < 1.29 is 14.6 Å². The third-order valence-electron chi connectivity index (χ3n) is 2.63. The van der Waals surface area contributed by atoms with Gasteiger partial charge in [0.1, 0.15) is 19.0 Å². The number of hydrogen-bond acceptors (Lipinski definition) is 3. The van der Waals surface area contributed by atoms with E-state index in [9.17, 15) is 5.11 Å². The van der Waals surface area contributed by atoms with Crippen molar-refractivity contribution in [1.29, 1.82) is 0 Å². The van der Waals surface area contributed by atoms with E-state index in [0.717, 1.165) is 11.3 Å². The summed E-state index contributed by atoms with van der Waals surface area (Å²) < 4.78 is 11.1. The van der Waals surface area contributed by atoms with Crippen LogP contribution in [0, 0.1) is 0 Å². The number of fused-ring (bicyclic) bond motifs is 1. The molecule has 0 bridgehead atoms. The van der Waals surface area contributed by atoms with Crippen molar-refractivity contribution in [3.8, 4) is 11.5 Å². The number of rotatable bonds is 2. The van der Waals surface area contributed by atoms with Gasteiger partial charge in [0.2, 0.25) is 0 Å². The van der Waals surface area contributed by atoms with Gasteiger partial charge >= 0.3 is 0 Å². The fraction of sp³-hybridized carbons (Fsp3) is 0.385. The lowest BCUT2D eigenvalue weighted by molar-refractivity contribution is 0.169. The molecule has 3 nitrogen and oxygen atoms in total. The van der Waals surface area contributed by atoms with E-state index in [0.29, 0.717) is 30.4 Å². The minimum atomic E-state index is 0.0545. The zero-order valence-electron chi connectivity index (χ0n) is 9.62. The molecule has 1 aliphatic heterocycles. The second-order valence-corrected chi connectivity index (χ2v) is 4.19. The molecule has 0 unspecified atom stereocenters. The second kappa shape index (κ2) is 4.08. The van der Waals surface area contributed by atoms with Gasteiger partial charge in [0.25, 0.3) is 0 Å². The van der Waals surface area contributed by atoms with Gasteiger partial charge in [-0.15, -0.1) is 0 Å². The average Bonchev–Trinajstić information content (AvgIpc) is 2.27. The third-order valence-corrected chi connectivity index (χ3v) is 2.63. The van der Waals surface area contributed by atoms with Crippen molar-refractivity contribution >= 4 is 5.76 Å². The van der Waals surface area contributed by atoms with Crippen LogP contribution in [0.5, 0.6) is 11.5 Å². The van der Waals surface area contributed by atoms with E-state index in [4.69, 9.17) is 9.47 Å². The molecule has 0 spiro atoms. The van der Waals surface area contributed by atoms with Gasteiger partial charge in [0.05, 0.1) is 0 Å². The SMILES string of the molecule is C=C(O)c1cc2c(c(C(C)C)c1)OCCO2. The predicted molar refractivity (Wildman–Crippen MR) is 63.2 cm³/mol. The lowest BCUT2D eigenvalue weighted by Gasteiger charge is -2.23. The van der Waals surface area contributed by atoms with E-state index in [1.165, 1.54) is 0 Å². The van der Waals surface area contributed by atoms with E-state index >= 15 is 0 Å². The first-order valence-electron chi connectivity index (χ1n) is 5.41. The van der Waals surface area contributed by atoms with E-state index in [1.54, 1.807) is 6.07 Å². The summed E-state index contributed by atoms with van der Waals surface area (Å²) in [6.07, 6.45) is 0. The van der Waals surface area contributed by atoms with Crippen LogP contribution >= 0.6 is 0 Å². The highest BCUT2D eigenvalue weighted by Gasteiger charge is 2.19. The summed E-state index contributed by atoms with van der Waals surface area (Å²) in [5.74, 6) is 1.86. The van der Waals surface area contributed by atoms with Gasteiger partial charge in [-0.1, -0.05) is 20.4 Å². The summed E-state index contributed by atoms with van der Waals surface area (Å²) in [5.41, 5.74) is 1.73. The molecular formula is C13H16O3. The molecule has 1 aromatic rings. The first-order chi connectivity index (χ1) is 7.59. The Balaban J connectivity index is 2.56. The number of aliphatic hydroxyl groups excluding tert-OH is 1. The Hall–Kier alpha value is -1.64. The maximum absolute atomic E-state index is 9.44. The number of hydrogen-bond donors (Lipinski definition) is 1. The molecule has 1 aromatic carbocycles. The van der Waals surface area contributed by atoms with E-state index in [1.807, 2.05) is 6.07 Å². The summed E-state index contributed by atoms with van der Waals surface area (Å²) >= 11 is 0. The van der Waals surface area contributed by atoms with Crippen LogP contribution in [0.3, 0.4) is 0 Å². The van der Waals surface area contributed by atoms with Crippen molar-refractivity contribution in [2.24, 2.45) is 0 Å². The van der Waals surface area contributed by atoms with Gasteiger partial charge in [-0.25, -0.2) is 0 Å². The van der Waals surface area contributed by atoms with Gasteiger partial charge in [-0.3, -0.25) is 0 Å². The summed E-state index contributed by atoms with van der Waals surface area (Å²) in [4.78, 5) is 0. The van der Waals surface area contributed by atoms with Gasteiger partial charge in [0.15, 0.2) is 11.5 Å². The molecule has 0 fully saturated rings. The van der Waals surface area contributed by atoms with Crippen LogP contribution in [-0.2, 0) is 0 Å². The van der Waals surface area contributed by atoms with Crippen LogP contribution in [0.15, 0.2) is 18.7 Å². The second-order valence-electron chi connectivity index (χ2n) is 4.19. The van der Waals surface area contributed by atoms with Crippen molar-refractivity contribution in [1.82, 2.24) is 0 Å². The largest absolute Gasteiger partial charge is 0.508 e. The highest BCUT2D eigenvalue weighted by molar-refractivity contribution is 5.63. The zero-order chi connectivity index (χ0) is 11.7. The fourth-order valence-corrected chi connectivity index (χ4v) is 1.78. The van der Waals surface area contributed by atoms with Crippen molar-refractivity contribution in [3.63, 3.8) is 0 Å². The molecule has 86 valence electrons. The Morgan fingerprint density at radius 3 is 2.62 bits per heavy atom. The van der Waals surface area contributed by atoms with Crippen LogP contribution in [0.25, 0.3) is 5.76 Å². The molecule has 0 amide bonds. The molecule has 16 heavy (non-hydrogen) atoms. The third kappa shape index (κ3) is 1.85. The maximum Gasteiger partial charge on any atom is 0.164 e. The Labute approximate surface area is 95.3 Å². The van der Waals surface area contributed by atoms with Crippen LogP contribution in [-0.4, -0.2) is 18.3 Å². The van der Waals surface area contributed by atoms with Crippen LogP contribution in [0.4, 0.5) is 0 Å². The quantitative estimate of drug-likeness (QED) is 0.778. The van der Waals surface area contributed by atoms with Gasteiger partial charge < -0.3 is 14.6 Å². The van der Waals surface area contributed by atoms with Crippen LogP contribution in [0.2, 0.25) is 0 Å². The number of benzene rings is 1. The van der Waals surface area contributed by atoms with Gasteiger partial charge in [-0.2, -0.15) is 0 Å². The van der Waals surface area contributed by atoms with Gasteiger partial charge in [-0.05, 0) is 18.1 Å². The van der Waals surface area contributed by atoms with E-state index in [-0.39, 0.29) is 5.76 Å². The maximum atomic E-state index is 9.44. The van der Waals surface area contributed by atoms with Crippen molar-refractivity contribution in [2.45, 2.75) is 19.8 Å². The van der Waals surface area contributed by atoms with Crippen LogP contribution in [0.1, 0.15) is 30.9 Å². The number of ether oxygens (including phenoxy) is 2. The van der Waals surface area contributed by atoms with Crippen molar-refractivity contribution in [2.75, 3.05) is 13.2 Å². The Morgan fingerprint density at radius 2 is 2.00 bits per heavy atom. The van der Waals surface area contributed by atoms with E-state index in [2.05, 4.69) is 20.4 Å². The molecule has 0 aliphatic carbocycles. The summed E-state index contributed by atoms with van der Waals surface area (Å²) in [5, 5.41) is 9.44. The fourth-order valence-electron chi connectivity index (χ4n) is 1.78. The Bertz CT molecular complexity index is 421. The highest BCUT2D eigenvalue weighted by atomic mass is 16.6.